The summed E-state index contributed by atoms with van der Waals surface area (Å²) >= 11 is 1.91. The van der Waals surface area contributed by atoms with Gasteiger partial charge in [-0.05, 0) is 100 Å². The van der Waals surface area contributed by atoms with Crippen LogP contribution in [0, 0.1) is 0 Å². The summed E-state index contributed by atoms with van der Waals surface area (Å²) < 4.78 is 7.38. The molecule has 11 aromatic rings. The third kappa shape index (κ3) is 3.88. The Bertz CT molecular complexity index is 3090. The lowest BCUT2D eigenvalue weighted by molar-refractivity contribution is 1.13. The molecule has 228 valence electrons. The van der Waals surface area contributed by atoms with Gasteiger partial charge < -0.3 is 9.13 Å². The van der Waals surface area contributed by atoms with Crippen molar-refractivity contribution in [1.82, 2.24) is 9.13 Å². The van der Waals surface area contributed by atoms with Crippen LogP contribution in [-0.4, -0.2) is 9.13 Å². The normalized spacial score (nSPS) is 12.1. The van der Waals surface area contributed by atoms with Gasteiger partial charge in [0.2, 0.25) is 0 Å². The highest BCUT2D eigenvalue weighted by Gasteiger charge is 2.18. The van der Waals surface area contributed by atoms with Gasteiger partial charge in [-0.25, -0.2) is 0 Å². The van der Waals surface area contributed by atoms with E-state index < -0.39 is 0 Å². The van der Waals surface area contributed by atoms with Crippen molar-refractivity contribution in [2.24, 2.45) is 0 Å². The van der Waals surface area contributed by atoms with Gasteiger partial charge in [-0.1, -0.05) is 91.0 Å². The number of benzene rings is 8. The number of hydrogen-bond acceptors (Lipinski definition) is 1. The molecule has 49 heavy (non-hydrogen) atoms. The highest BCUT2D eigenvalue weighted by molar-refractivity contribution is 7.26. The van der Waals surface area contributed by atoms with E-state index in [4.69, 9.17) is 0 Å². The van der Waals surface area contributed by atoms with E-state index in [1.54, 1.807) is 0 Å². The summed E-state index contributed by atoms with van der Waals surface area (Å²) in [5, 5.41) is 11.6. The number of thiophene rings is 1. The predicted octanol–water partition coefficient (Wildman–Crippen LogP) is 13.1. The van der Waals surface area contributed by atoms with Crippen molar-refractivity contribution in [3.63, 3.8) is 0 Å². The zero-order chi connectivity index (χ0) is 32.1. The van der Waals surface area contributed by atoms with E-state index in [0.717, 1.165) is 0 Å². The number of nitrogens with zero attached hydrogens (tertiary/aromatic N) is 2. The molecule has 0 fully saturated rings. The summed E-state index contributed by atoms with van der Waals surface area (Å²) in [7, 11) is 0. The van der Waals surface area contributed by atoms with Crippen molar-refractivity contribution in [2.75, 3.05) is 0 Å². The second-order valence-electron chi connectivity index (χ2n) is 13.0. The molecule has 3 aromatic heterocycles. The molecule has 3 heterocycles. The van der Waals surface area contributed by atoms with Gasteiger partial charge >= 0.3 is 0 Å². The Morgan fingerprint density at radius 2 is 1.12 bits per heavy atom. The van der Waals surface area contributed by atoms with Gasteiger partial charge in [-0.3, -0.25) is 0 Å². The van der Waals surface area contributed by atoms with Crippen LogP contribution in [-0.2, 0) is 0 Å². The number of fused-ring (bicyclic) bond motifs is 11. The van der Waals surface area contributed by atoms with E-state index in [0.29, 0.717) is 0 Å². The maximum atomic E-state index is 2.43. The Kier molecular flexibility index (Phi) is 5.57. The predicted molar refractivity (Wildman–Crippen MR) is 211 cm³/mol. The van der Waals surface area contributed by atoms with Crippen LogP contribution < -0.4 is 0 Å². The first kappa shape index (κ1) is 26.9. The van der Waals surface area contributed by atoms with E-state index in [-0.39, 0.29) is 0 Å². The molecule has 0 aliphatic carbocycles. The second kappa shape index (κ2) is 10.2. The average molecular weight is 641 g/mol. The lowest BCUT2D eigenvalue weighted by Crippen LogP contribution is -1.93. The fourth-order valence-corrected chi connectivity index (χ4v) is 9.36. The molecule has 0 spiro atoms. The molecule has 8 aromatic carbocycles. The SMILES string of the molecule is c1ccc(-n2ccc3cc4c(cc(-c5ccc6c(c5)c5ccccc5n6-c5ccccc5)c5ccc6c7ccccc7sc6c54)cc32)cc1. The Hall–Kier alpha value is -6.16. The first-order chi connectivity index (χ1) is 24.3. The molecule has 0 saturated heterocycles. The minimum absolute atomic E-state index is 1.17. The molecule has 0 radical (unpaired) electrons. The lowest BCUT2D eigenvalue weighted by Gasteiger charge is -2.14. The van der Waals surface area contributed by atoms with Crippen LogP contribution >= 0.6 is 11.3 Å². The highest BCUT2D eigenvalue weighted by atomic mass is 32.1. The van der Waals surface area contributed by atoms with Crippen LogP contribution in [0.1, 0.15) is 0 Å². The van der Waals surface area contributed by atoms with E-state index in [1.165, 1.54) is 96.9 Å². The number of rotatable bonds is 3. The average Bonchev–Trinajstić information content (AvgIpc) is 3.85. The maximum absolute atomic E-state index is 2.43. The van der Waals surface area contributed by atoms with Crippen molar-refractivity contribution in [1.29, 1.82) is 0 Å². The lowest BCUT2D eigenvalue weighted by atomic mass is 9.91. The third-order valence-corrected chi connectivity index (χ3v) is 11.5. The Morgan fingerprint density at radius 1 is 0.408 bits per heavy atom. The Morgan fingerprint density at radius 3 is 1.98 bits per heavy atom. The van der Waals surface area contributed by atoms with Gasteiger partial charge in [0.25, 0.3) is 0 Å². The van der Waals surface area contributed by atoms with Gasteiger partial charge in [0.15, 0.2) is 0 Å². The van der Waals surface area contributed by atoms with Crippen LogP contribution in [0.5, 0.6) is 0 Å². The molecule has 0 aliphatic heterocycles. The summed E-state index contributed by atoms with van der Waals surface area (Å²) in [6.45, 7) is 0. The highest BCUT2D eigenvalue weighted by Crippen LogP contribution is 2.46. The molecule has 0 unspecified atom stereocenters. The van der Waals surface area contributed by atoms with Crippen LogP contribution in [0.4, 0.5) is 0 Å². The molecule has 0 saturated carbocycles. The van der Waals surface area contributed by atoms with Crippen molar-refractivity contribution in [3.05, 3.63) is 170 Å². The Labute approximate surface area is 286 Å². The molecule has 0 bridgehead atoms. The largest absolute Gasteiger partial charge is 0.317 e. The van der Waals surface area contributed by atoms with E-state index in [1.807, 2.05) is 11.3 Å². The summed E-state index contributed by atoms with van der Waals surface area (Å²) in [5.74, 6) is 0. The van der Waals surface area contributed by atoms with Crippen LogP contribution in [0.15, 0.2) is 170 Å². The third-order valence-electron chi connectivity index (χ3n) is 10.3. The topological polar surface area (TPSA) is 9.86 Å². The molecular weight excluding hydrogens is 613 g/mol. The minimum atomic E-state index is 1.17. The standard InChI is InChI=1S/C46H28N2S/c1-3-11-32(12-4-1)47-24-23-30-26-39-31(28-43(30)47)27-38(36-20-21-37-35-16-8-10-18-44(35)49-46(37)45(36)39)29-19-22-42-40(25-29)34-15-7-9-17-41(34)48(42)33-13-5-2-6-14-33/h1-28H. The van der Waals surface area contributed by atoms with Crippen molar-refractivity contribution in [2.45, 2.75) is 0 Å². The van der Waals surface area contributed by atoms with Crippen molar-refractivity contribution < 1.29 is 0 Å². The van der Waals surface area contributed by atoms with Gasteiger partial charge in [-0.2, -0.15) is 0 Å². The van der Waals surface area contributed by atoms with Crippen molar-refractivity contribution >= 4 is 85.8 Å². The fraction of sp³-hybridized carbons (Fsp3) is 0. The van der Waals surface area contributed by atoms with Gasteiger partial charge in [0.1, 0.15) is 0 Å². The molecule has 11 rings (SSSR count). The monoisotopic (exact) mass is 640 g/mol. The zero-order valence-corrected chi connectivity index (χ0v) is 27.3. The van der Waals surface area contributed by atoms with Crippen LogP contribution in [0.25, 0.3) is 96.9 Å². The van der Waals surface area contributed by atoms with Crippen LogP contribution in [0.3, 0.4) is 0 Å². The molecule has 0 amide bonds. The second-order valence-corrected chi connectivity index (χ2v) is 14.0. The van der Waals surface area contributed by atoms with E-state index in [9.17, 15) is 0 Å². The van der Waals surface area contributed by atoms with Gasteiger partial charge in [0, 0.05) is 59.3 Å². The quantitative estimate of drug-likeness (QED) is 0.170. The van der Waals surface area contributed by atoms with Gasteiger partial charge in [-0.15, -0.1) is 11.3 Å². The molecule has 3 heteroatoms. The summed E-state index contributed by atoms with van der Waals surface area (Å²) in [4.78, 5) is 0. The number of aromatic nitrogens is 2. The first-order valence-electron chi connectivity index (χ1n) is 16.8. The fourth-order valence-electron chi connectivity index (χ4n) is 8.10. The first-order valence-corrected chi connectivity index (χ1v) is 17.6. The minimum Gasteiger partial charge on any atom is -0.317 e. The summed E-state index contributed by atoms with van der Waals surface area (Å²) in [6.07, 6.45) is 2.20. The molecule has 0 atom stereocenters. The maximum Gasteiger partial charge on any atom is 0.0541 e. The molecule has 0 N–H and O–H groups in total. The van der Waals surface area contributed by atoms with E-state index in [2.05, 4.69) is 179 Å². The zero-order valence-electron chi connectivity index (χ0n) is 26.5. The van der Waals surface area contributed by atoms with E-state index >= 15 is 0 Å². The Balaban J connectivity index is 1.25. The molecular formula is C46H28N2S. The van der Waals surface area contributed by atoms with Gasteiger partial charge in [0.05, 0.1) is 16.6 Å². The molecule has 0 aliphatic rings. The summed E-state index contributed by atoms with van der Waals surface area (Å²) in [5.41, 5.74) is 8.50. The molecule has 2 nitrogen and oxygen atoms in total. The smallest absolute Gasteiger partial charge is 0.0541 e. The summed E-state index contributed by atoms with van der Waals surface area (Å²) in [6, 6.07) is 60.2. The number of para-hydroxylation sites is 3. The van der Waals surface area contributed by atoms with Crippen molar-refractivity contribution in [3.8, 4) is 22.5 Å². The van der Waals surface area contributed by atoms with Crippen LogP contribution in [0.2, 0.25) is 0 Å². The number of hydrogen-bond donors (Lipinski definition) is 0.